The fourth-order valence-electron chi connectivity index (χ4n) is 11.4. The molecule has 514 valence electrons. The summed E-state index contributed by atoms with van der Waals surface area (Å²) < 4.78 is 65.3. The number of hydrogen-bond acceptors (Lipinski definition) is 18. The van der Waals surface area contributed by atoms with Crippen LogP contribution in [0.25, 0.3) is 0 Å². The number of hydrogen-bond donors (Lipinski definition) is 1. The molecule has 6 aromatic carbocycles. The van der Waals surface area contributed by atoms with E-state index < -0.39 is 81.3 Å². The molecule has 1 aliphatic heterocycles. The molecular weight excluding hydrogens is 1240 g/mol. The van der Waals surface area contributed by atoms with Crippen LogP contribution in [0.2, 0.25) is 0 Å². The lowest BCUT2D eigenvalue weighted by Gasteiger charge is -2.45. The van der Waals surface area contributed by atoms with Crippen molar-refractivity contribution in [3.63, 3.8) is 0 Å². The van der Waals surface area contributed by atoms with Crippen molar-refractivity contribution in [1.29, 1.82) is 5.26 Å². The first-order valence-electron chi connectivity index (χ1n) is 32.9. The van der Waals surface area contributed by atoms with Gasteiger partial charge in [-0.1, -0.05) is 122 Å². The average Bonchev–Trinajstić information content (AvgIpc) is 0.744. The van der Waals surface area contributed by atoms with Crippen LogP contribution in [-0.2, 0) is 52.7 Å². The fourth-order valence-corrected chi connectivity index (χ4v) is 13.1. The van der Waals surface area contributed by atoms with Crippen molar-refractivity contribution in [2.24, 2.45) is 0 Å². The number of likely N-dealkylation sites (N-methyl/N-ethyl adjacent to an activating group) is 1. The topological polar surface area (TPSA) is 223 Å². The second-order valence-corrected chi connectivity index (χ2v) is 25.5. The summed E-state index contributed by atoms with van der Waals surface area (Å²) in [5.74, 6) is -1.32. The maximum absolute atomic E-state index is 13.9. The molecule has 1 aliphatic rings. The smallest absolute Gasteiger partial charge is 0.338 e. The number of nitrogens with zero attached hydrogens (tertiary/aromatic N) is 4. The number of ether oxygens (including phenoxy) is 8. The zero-order chi connectivity index (χ0) is 68.8. The van der Waals surface area contributed by atoms with Crippen LogP contribution in [0.3, 0.4) is 0 Å². The van der Waals surface area contributed by atoms with E-state index in [9.17, 15) is 29.2 Å². The van der Waals surface area contributed by atoms with Gasteiger partial charge in [0.05, 0.1) is 56.6 Å². The predicted octanol–water partition coefficient (Wildman–Crippen LogP) is 12.3. The number of nitrogens with one attached hydrogen (secondary N) is 1. The first-order valence-corrected chi connectivity index (χ1v) is 34.0. The first kappa shape index (κ1) is 75.3. The maximum atomic E-state index is 13.9. The Labute approximate surface area is 567 Å². The molecule has 0 bridgehead atoms. The molecule has 1 heterocycles. The van der Waals surface area contributed by atoms with Gasteiger partial charge < -0.3 is 62.1 Å². The molecule has 0 aromatic heterocycles. The Morgan fingerprint density at radius 1 is 0.615 bits per heavy atom. The molecule has 6 unspecified atom stereocenters. The fraction of sp³-hybridized carbons (Fsp3) is 0.440. The van der Waals surface area contributed by atoms with Crippen molar-refractivity contribution in [2.75, 3.05) is 74.4 Å². The van der Waals surface area contributed by atoms with Gasteiger partial charge in [-0.2, -0.15) is 5.26 Å². The van der Waals surface area contributed by atoms with Gasteiger partial charge in [0.25, 0.3) is 8.53 Å². The number of benzene rings is 6. The van der Waals surface area contributed by atoms with E-state index in [0.717, 1.165) is 48.9 Å². The Bertz CT molecular complexity index is 3290. The Morgan fingerprint density at radius 3 is 1.62 bits per heavy atom. The minimum atomic E-state index is -1.64. The number of unbranched alkanes of at least 4 members (excludes halogenated alkanes) is 4. The molecule has 1 N–H and O–H groups in total. The summed E-state index contributed by atoms with van der Waals surface area (Å²) in [6, 6.07) is 51.9. The SMILES string of the molecule is COc1ccc(C(OC[C@H](CN(C)CCCCCCN(C)C(=O)CCCCOC2OC(COC(=O)c3ccccc3)C(OC(=O)c3ccccc3)C(OC(=O)c3ccccc3)C2NC(C)=O)OP(OCCC#N)N(C(C)C)C(C)C)(c2ccccc2)c2ccc(OC)cc2)cc1. The summed E-state index contributed by atoms with van der Waals surface area (Å²) in [4.78, 5) is 71.4. The monoisotopic (exact) mass is 1340 g/mol. The number of methoxy groups -OCH3 is 2. The van der Waals surface area contributed by atoms with E-state index in [4.69, 9.17) is 46.9 Å². The van der Waals surface area contributed by atoms with E-state index in [0.29, 0.717) is 37.4 Å². The minimum absolute atomic E-state index is 0.0235. The molecule has 2 amide bonds. The van der Waals surface area contributed by atoms with Gasteiger partial charge in [0, 0.05) is 52.2 Å². The van der Waals surface area contributed by atoms with Crippen LogP contribution in [0.1, 0.15) is 134 Å². The van der Waals surface area contributed by atoms with Gasteiger partial charge in [0.15, 0.2) is 18.5 Å². The van der Waals surface area contributed by atoms with E-state index in [1.807, 2.05) is 66.7 Å². The van der Waals surface area contributed by atoms with Crippen LogP contribution in [0, 0.1) is 11.3 Å². The van der Waals surface area contributed by atoms with Crippen molar-refractivity contribution in [1.82, 2.24) is 19.8 Å². The summed E-state index contributed by atoms with van der Waals surface area (Å²) in [6.45, 7) is 11.6. The lowest BCUT2D eigenvalue weighted by atomic mass is 9.80. The van der Waals surface area contributed by atoms with Gasteiger partial charge in [0.2, 0.25) is 11.8 Å². The molecule has 1 fully saturated rings. The number of nitriles is 1. The molecule has 21 heteroatoms. The number of carbonyl (C=O) groups is 5. The molecule has 0 radical (unpaired) electrons. The average molecular weight is 1340 g/mol. The summed E-state index contributed by atoms with van der Waals surface area (Å²) in [6.07, 6.45) is -0.974. The lowest BCUT2D eigenvalue weighted by Crippen LogP contribution is -2.66. The molecule has 20 nitrogen and oxygen atoms in total. The highest BCUT2D eigenvalue weighted by atomic mass is 31.2. The second kappa shape index (κ2) is 39.2. The van der Waals surface area contributed by atoms with Crippen molar-refractivity contribution in [3.8, 4) is 17.6 Å². The number of rotatable bonds is 39. The van der Waals surface area contributed by atoms with Crippen LogP contribution in [-0.4, -0.2) is 167 Å². The standard InChI is InChI=1S/C75H94N5O15P/c1-54(2)80(55(3)4)96(91-50-28-46-76)95-65(52-90-75(60-35-22-15-23-36-60,61-38-42-63(86-8)43-39-61)62-40-44-64(87-9)45-41-62)51-78(6)47-25-10-11-26-48-79(7)67(82)37-24-27-49-88-74-68(77-56(5)81)70(94-73(85)59-33-20-14-21-34-59)69(93-72(84)58-31-18-13-19-32-58)66(92-74)53-89-71(83)57-29-16-12-17-30-57/h12-23,29-36,38-45,54-55,65-66,68-70,74H,10-11,24-28,37,47-53H2,1-9H3,(H,77,81)/t65-,66?,68?,69?,70?,74?,96?/m0/s1. The highest BCUT2D eigenvalue weighted by Crippen LogP contribution is 2.48. The summed E-state index contributed by atoms with van der Waals surface area (Å²) in [7, 11) is 5.55. The predicted molar refractivity (Wildman–Crippen MR) is 366 cm³/mol. The van der Waals surface area contributed by atoms with Gasteiger partial charge in [-0.15, -0.1) is 0 Å². The number of carbonyl (C=O) groups excluding carboxylic acids is 5. The van der Waals surface area contributed by atoms with Crippen LogP contribution in [0.4, 0.5) is 0 Å². The lowest BCUT2D eigenvalue weighted by molar-refractivity contribution is -0.269. The van der Waals surface area contributed by atoms with Gasteiger partial charge in [-0.05, 0) is 144 Å². The van der Waals surface area contributed by atoms with Gasteiger partial charge in [-0.3, -0.25) is 9.59 Å². The molecule has 7 rings (SSSR count). The van der Waals surface area contributed by atoms with E-state index in [1.165, 1.54) is 6.92 Å². The van der Waals surface area contributed by atoms with Gasteiger partial charge in [-0.25, -0.2) is 19.1 Å². The maximum Gasteiger partial charge on any atom is 0.338 e. The second-order valence-electron chi connectivity index (χ2n) is 24.1. The molecule has 7 atom stereocenters. The molecule has 96 heavy (non-hydrogen) atoms. The molecule has 0 aliphatic carbocycles. The third kappa shape index (κ3) is 22.2. The Hall–Kier alpha value is -8.09. The van der Waals surface area contributed by atoms with Gasteiger partial charge in [0.1, 0.15) is 42.0 Å². The number of esters is 3. The summed E-state index contributed by atoms with van der Waals surface area (Å²) in [5, 5.41) is 12.4. The van der Waals surface area contributed by atoms with Crippen LogP contribution < -0.4 is 14.8 Å². The molecular formula is C75H94N5O15P. The van der Waals surface area contributed by atoms with E-state index in [2.05, 4.69) is 67.8 Å². The zero-order valence-electron chi connectivity index (χ0n) is 56.8. The normalized spacial score (nSPS) is 16.9. The first-order chi connectivity index (χ1) is 46.4. The van der Waals surface area contributed by atoms with Crippen LogP contribution in [0.15, 0.2) is 170 Å². The Morgan fingerprint density at radius 2 is 1.11 bits per heavy atom. The van der Waals surface area contributed by atoms with Crippen molar-refractivity contribution >= 4 is 38.2 Å². The Balaban J connectivity index is 0.964. The molecule has 1 saturated heterocycles. The summed E-state index contributed by atoms with van der Waals surface area (Å²) in [5.41, 5.74) is 2.28. The van der Waals surface area contributed by atoms with E-state index in [1.54, 1.807) is 117 Å². The molecule has 6 aromatic rings. The highest BCUT2D eigenvalue weighted by Gasteiger charge is 2.52. The van der Waals surface area contributed by atoms with Gasteiger partial charge >= 0.3 is 17.9 Å². The van der Waals surface area contributed by atoms with Crippen molar-refractivity contribution in [3.05, 3.63) is 203 Å². The Kier molecular flexibility index (Phi) is 30.7. The van der Waals surface area contributed by atoms with E-state index >= 15 is 0 Å². The van der Waals surface area contributed by atoms with Crippen molar-refractivity contribution in [2.45, 2.75) is 140 Å². The minimum Gasteiger partial charge on any atom is -0.497 e. The quantitative estimate of drug-likeness (QED) is 0.0124. The zero-order valence-corrected chi connectivity index (χ0v) is 57.6. The third-order valence-electron chi connectivity index (χ3n) is 16.3. The summed E-state index contributed by atoms with van der Waals surface area (Å²) >= 11 is 0. The van der Waals surface area contributed by atoms with E-state index in [-0.39, 0.29) is 67.3 Å². The molecule has 0 spiro atoms. The third-order valence-corrected chi connectivity index (χ3v) is 18.4. The van der Waals surface area contributed by atoms with Crippen LogP contribution in [0.5, 0.6) is 11.5 Å². The number of amides is 2. The largest absolute Gasteiger partial charge is 0.497 e. The highest BCUT2D eigenvalue weighted by molar-refractivity contribution is 7.44. The van der Waals surface area contributed by atoms with Crippen LogP contribution >= 0.6 is 8.53 Å². The van der Waals surface area contributed by atoms with Crippen molar-refractivity contribution < 1.29 is 70.9 Å². The molecule has 0 saturated carbocycles.